The SMILES string of the molecule is CCC\C=C/C=C\C=C/C=C\C=C/CCCCCCCC(=O)OCC(COC(=O)CCCCC/C=C\CCCCCCCC)OC(=O)CCCCCCC\C=C/C=C\C=C/C=C\C=C/CCC. The Hall–Kier alpha value is -4.45. The van der Waals surface area contributed by atoms with Gasteiger partial charge in [0.1, 0.15) is 13.2 Å². The van der Waals surface area contributed by atoms with Gasteiger partial charge >= 0.3 is 17.9 Å². The van der Waals surface area contributed by atoms with Crippen LogP contribution in [0.2, 0.25) is 0 Å². The van der Waals surface area contributed by atoms with Crippen LogP contribution >= 0.6 is 0 Å². The number of rotatable bonds is 46. The van der Waals surface area contributed by atoms with Gasteiger partial charge in [0.15, 0.2) is 6.10 Å². The first-order chi connectivity index (χ1) is 33.0. The minimum atomic E-state index is -0.814. The Labute approximate surface area is 411 Å². The largest absolute Gasteiger partial charge is 0.462 e. The van der Waals surface area contributed by atoms with Gasteiger partial charge in [0.05, 0.1) is 0 Å². The van der Waals surface area contributed by atoms with E-state index < -0.39 is 6.10 Å². The average molecular weight is 925 g/mol. The first kappa shape index (κ1) is 62.5. The molecule has 0 aliphatic rings. The van der Waals surface area contributed by atoms with Crippen molar-refractivity contribution >= 4 is 17.9 Å². The standard InChI is InChI=1S/C61H96O6/c1-4-7-10-13-16-19-22-25-27-29-31-33-36-39-42-45-48-51-54-60(63)66-57-58(56-65-59(62)53-50-47-44-41-38-35-24-21-18-15-12-9-6-3)67-61(64)55-52-49-46-43-40-37-34-32-30-28-26-23-20-17-14-11-8-5-2/h10-11,13-14,16-17,19-20,22-23,25-35,38,58H,4-9,12,15,18,21,24,36-37,39-57H2,1-3H3/b13-10-,14-11-,19-16-,20-17-,25-22-,26-23-,29-27-,30-28-,33-31-,34-32-,38-35-. The number of ether oxygens (including phenoxy) is 3. The summed E-state index contributed by atoms with van der Waals surface area (Å²) in [6.07, 6.45) is 75.6. The fourth-order valence-corrected chi connectivity index (χ4v) is 6.79. The predicted molar refractivity (Wildman–Crippen MR) is 288 cm³/mol. The molecule has 0 aromatic rings. The molecule has 0 saturated heterocycles. The van der Waals surface area contributed by atoms with E-state index in [2.05, 4.69) is 81.5 Å². The van der Waals surface area contributed by atoms with Crippen LogP contribution in [0.4, 0.5) is 0 Å². The van der Waals surface area contributed by atoms with Crippen LogP contribution in [-0.2, 0) is 28.6 Å². The first-order valence-electron chi connectivity index (χ1n) is 26.8. The molecule has 0 aromatic carbocycles. The Balaban J connectivity index is 4.55. The summed E-state index contributed by atoms with van der Waals surface area (Å²) in [6, 6.07) is 0. The van der Waals surface area contributed by atoms with Gasteiger partial charge in [-0.05, 0) is 83.5 Å². The topological polar surface area (TPSA) is 78.9 Å². The molecule has 0 aliphatic heterocycles. The van der Waals surface area contributed by atoms with Gasteiger partial charge in [-0.25, -0.2) is 0 Å². The molecule has 67 heavy (non-hydrogen) atoms. The highest BCUT2D eigenvalue weighted by Gasteiger charge is 2.19. The second-order valence-electron chi connectivity index (χ2n) is 17.3. The van der Waals surface area contributed by atoms with Crippen LogP contribution in [0.1, 0.15) is 213 Å². The van der Waals surface area contributed by atoms with E-state index in [0.29, 0.717) is 12.8 Å². The Bertz CT molecular complexity index is 1480. The second kappa shape index (κ2) is 54.2. The van der Waals surface area contributed by atoms with Gasteiger partial charge in [-0.3, -0.25) is 14.4 Å². The minimum Gasteiger partial charge on any atom is -0.462 e. The maximum Gasteiger partial charge on any atom is 0.306 e. The van der Waals surface area contributed by atoms with Crippen molar-refractivity contribution in [1.82, 2.24) is 0 Å². The monoisotopic (exact) mass is 925 g/mol. The van der Waals surface area contributed by atoms with Gasteiger partial charge in [-0.15, -0.1) is 0 Å². The van der Waals surface area contributed by atoms with Gasteiger partial charge in [0.25, 0.3) is 0 Å². The maximum absolute atomic E-state index is 12.8. The van der Waals surface area contributed by atoms with Gasteiger partial charge < -0.3 is 14.2 Å². The van der Waals surface area contributed by atoms with Crippen molar-refractivity contribution in [2.45, 2.75) is 219 Å². The lowest BCUT2D eigenvalue weighted by molar-refractivity contribution is -0.167. The highest BCUT2D eigenvalue weighted by Crippen LogP contribution is 2.13. The number of carbonyl (C=O) groups is 3. The highest BCUT2D eigenvalue weighted by atomic mass is 16.6. The third-order valence-electron chi connectivity index (χ3n) is 10.8. The number of carbonyl (C=O) groups excluding carboxylic acids is 3. The second-order valence-corrected chi connectivity index (χ2v) is 17.3. The number of allylic oxidation sites excluding steroid dienone is 22. The van der Waals surface area contributed by atoms with Crippen molar-refractivity contribution in [2.75, 3.05) is 13.2 Å². The molecule has 376 valence electrons. The Morgan fingerprint density at radius 2 is 0.582 bits per heavy atom. The molecule has 0 fully saturated rings. The molecule has 0 spiro atoms. The van der Waals surface area contributed by atoms with Crippen molar-refractivity contribution in [3.63, 3.8) is 0 Å². The highest BCUT2D eigenvalue weighted by molar-refractivity contribution is 5.71. The van der Waals surface area contributed by atoms with Crippen LogP contribution in [0.25, 0.3) is 0 Å². The van der Waals surface area contributed by atoms with E-state index in [-0.39, 0.29) is 37.5 Å². The lowest BCUT2D eigenvalue weighted by Crippen LogP contribution is -2.30. The van der Waals surface area contributed by atoms with Crippen molar-refractivity contribution < 1.29 is 28.6 Å². The van der Waals surface area contributed by atoms with Gasteiger partial charge in [0.2, 0.25) is 0 Å². The molecule has 6 nitrogen and oxygen atoms in total. The van der Waals surface area contributed by atoms with Crippen molar-refractivity contribution in [3.8, 4) is 0 Å². The molecule has 0 radical (unpaired) electrons. The van der Waals surface area contributed by atoms with Gasteiger partial charge in [-0.2, -0.15) is 0 Å². The van der Waals surface area contributed by atoms with Crippen molar-refractivity contribution in [2.24, 2.45) is 0 Å². The van der Waals surface area contributed by atoms with Crippen molar-refractivity contribution in [3.05, 3.63) is 134 Å². The molecule has 0 amide bonds. The Morgan fingerprint density at radius 3 is 0.955 bits per heavy atom. The molecule has 0 saturated carbocycles. The number of unbranched alkanes of at least 4 members (excludes halogenated alkanes) is 21. The predicted octanol–water partition coefficient (Wildman–Crippen LogP) is 17.9. The van der Waals surface area contributed by atoms with Crippen LogP contribution in [0.5, 0.6) is 0 Å². The number of esters is 3. The molecule has 1 unspecified atom stereocenters. The zero-order valence-electron chi connectivity index (χ0n) is 42.9. The lowest BCUT2D eigenvalue weighted by atomic mass is 10.1. The average Bonchev–Trinajstić information content (AvgIpc) is 3.33. The summed E-state index contributed by atoms with van der Waals surface area (Å²) in [6.45, 7) is 6.38. The zero-order chi connectivity index (χ0) is 48.6. The lowest BCUT2D eigenvalue weighted by Gasteiger charge is -2.18. The minimum absolute atomic E-state index is 0.110. The summed E-state index contributed by atoms with van der Waals surface area (Å²) in [7, 11) is 0. The summed E-state index contributed by atoms with van der Waals surface area (Å²) in [5.41, 5.74) is 0. The summed E-state index contributed by atoms with van der Waals surface area (Å²) >= 11 is 0. The number of hydrogen-bond acceptors (Lipinski definition) is 6. The van der Waals surface area contributed by atoms with Crippen LogP contribution in [-0.4, -0.2) is 37.2 Å². The zero-order valence-corrected chi connectivity index (χ0v) is 42.9. The maximum atomic E-state index is 12.8. The molecule has 0 aromatic heterocycles. The Morgan fingerprint density at radius 1 is 0.299 bits per heavy atom. The molecular formula is C61H96O6. The molecule has 0 rings (SSSR count). The third-order valence-corrected chi connectivity index (χ3v) is 10.8. The van der Waals surface area contributed by atoms with E-state index in [1.54, 1.807) is 0 Å². The van der Waals surface area contributed by atoms with Crippen molar-refractivity contribution in [1.29, 1.82) is 0 Å². The van der Waals surface area contributed by atoms with Crippen LogP contribution < -0.4 is 0 Å². The summed E-state index contributed by atoms with van der Waals surface area (Å²) in [5, 5.41) is 0. The van der Waals surface area contributed by atoms with Crippen LogP contribution in [0.3, 0.4) is 0 Å². The molecular weight excluding hydrogens is 829 g/mol. The quantitative estimate of drug-likeness (QED) is 0.0199. The van der Waals surface area contributed by atoms with E-state index >= 15 is 0 Å². The van der Waals surface area contributed by atoms with E-state index in [9.17, 15) is 14.4 Å². The fourth-order valence-electron chi connectivity index (χ4n) is 6.79. The molecule has 0 aliphatic carbocycles. The molecule has 0 heterocycles. The van der Waals surface area contributed by atoms with Gasteiger partial charge in [0, 0.05) is 19.3 Å². The Kier molecular flexibility index (Phi) is 50.6. The van der Waals surface area contributed by atoms with E-state index in [4.69, 9.17) is 14.2 Å². The normalized spacial score (nSPS) is 13.2. The number of hydrogen-bond donors (Lipinski definition) is 0. The molecule has 0 bridgehead atoms. The molecule has 6 heteroatoms. The van der Waals surface area contributed by atoms with E-state index in [1.165, 1.54) is 51.4 Å². The third kappa shape index (κ3) is 52.4. The van der Waals surface area contributed by atoms with Crippen LogP contribution in [0, 0.1) is 0 Å². The summed E-state index contributed by atoms with van der Waals surface area (Å²) < 4.78 is 16.8. The van der Waals surface area contributed by atoms with Gasteiger partial charge in [-0.1, -0.05) is 244 Å². The fraction of sp³-hybridized carbons (Fsp3) is 0.590. The summed E-state index contributed by atoms with van der Waals surface area (Å²) in [4.78, 5) is 38.1. The smallest absolute Gasteiger partial charge is 0.306 e. The van der Waals surface area contributed by atoms with E-state index in [1.807, 2.05) is 72.9 Å². The van der Waals surface area contributed by atoms with E-state index in [0.717, 1.165) is 122 Å². The molecule has 0 N–H and O–H groups in total. The first-order valence-corrected chi connectivity index (χ1v) is 26.8. The van der Waals surface area contributed by atoms with Crippen LogP contribution in [0.15, 0.2) is 134 Å². The summed E-state index contributed by atoms with van der Waals surface area (Å²) in [5.74, 6) is -0.983. The molecule has 1 atom stereocenters.